The summed E-state index contributed by atoms with van der Waals surface area (Å²) in [7, 11) is 0. The first kappa shape index (κ1) is 18.4. The van der Waals surface area contributed by atoms with E-state index in [1.54, 1.807) is 6.07 Å². The van der Waals surface area contributed by atoms with E-state index in [1.807, 2.05) is 49.4 Å². The van der Waals surface area contributed by atoms with Gasteiger partial charge in [0.15, 0.2) is 0 Å². The van der Waals surface area contributed by atoms with Crippen LogP contribution in [0.15, 0.2) is 60.7 Å². The highest BCUT2D eigenvalue weighted by Crippen LogP contribution is 2.31. The molecule has 3 heterocycles. The molecule has 0 fully saturated rings. The average Bonchev–Trinajstić information content (AvgIpc) is 3.39. The topological polar surface area (TPSA) is 79.4 Å². The van der Waals surface area contributed by atoms with Crippen molar-refractivity contribution in [3.05, 3.63) is 78.0 Å². The molecule has 0 atom stereocenters. The fraction of sp³-hybridized carbons (Fsp3) is 0.0909. The normalized spacial score (nSPS) is 11.1. The Morgan fingerprint density at radius 3 is 2.70 bits per heavy atom. The third-order valence-corrected chi connectivity index (χ3v) is 5.27. The Morgan fingerprint density at radius 1 is 0.967 bits per heavy atom. The van der Waals surface area contributed by atoms with Gasteiger partial charge in [-0.3, -0.25) is 4.98 Å². The van der Waals surface area contributed by atoms with E-state index in [4.69, 9.17) is 4.98 Å². The van der Waals surface area contributed by atoms with Gasteiger partial charge in [-0.2, -0.15) is 8.75 Å². The summed E-state index contributed by atoms with van der Waals surface area (Å²) in [5.74, 6) is 0.444. The third-order valence-electron chi connectivity index (χ3n) is 4.71. The van der Waals surface area contributed by atoms with E-state index in [2.05, 4.69) is 24.0 Å². The zero-order valence-corrected chi connectivity index (χ0v) is 16.9. The molecule has 0 radical (unpaired) electrons. The molecule has 0 amide bonds. The fourth-order valence-corrected chi connectivity index (χ4v) is 3.81. The van der Waals surface area contributed by atoms with E-state index in [0.717, 1.165) is 45.2 Å². The molecule has 2 N–H and O–H groups in total. The number of rotatable bonds is 5. The van der Waals surface area contributed by atoms with Crippen LogP contribution >= 0.6 is 11.7 Å². The first-order valence-electron chi connectivity index (χ1n) is 9.41. The number of pyridine rings is 1. The second kappa shape index (κ2) is 7.64. The van der Waals surface area contributed by atoms with Gasteiger partial charge in [-0.1, -0.05) is 18.2 Å². The maximum Gasteiger partial charge on any atom is 0.126 e. The molecular weight excluding hydrogens is 399 g/mol. The Bertz CT molecular complexity index is 1340. The molecule has 0 saturated carbocycles. The van der Waals surface area contributed by atoms with Crippen molar-refractivity contribution in [2.45, 2.75) is 13.5 Å². The molecule has 6 nitrogen and oxygen atoms in total. The number of halogens is 1. The second-order valence-electron chi connectivity index (χ2n) is 6.90. The summed E-state index contributed by atoms with van der Waals surface area (Å²) >= 11 is 1.19. The standard InChI is InChI=1S/C22H17FN6S/c1-13-4-2-7-18(25-13)22-21(14-8-9-17-19(10-14)29-30-28-17)26-20(27-22)12-24-16-6-3-5-15(23)11-16/h2-11,24H,12H2,1H3,(H,26,27). The van der Waals surface area contributed by atoms with E-state index >= 15 is 0 Å². The van der Waals surface area contributed by atoms with Crippen LogP contribution in [0.25, 0.3) is 33.7 Å². The van der Waals surface area contributed by atoms with Crippen molar-refractivity contribution in [2.75, 3.05) is 5.32 Å². The van der Waals surface area contributed by atoms with Crippen molar-refractivity contribution in [1.29, 1.82) is 0 Å². The molecule has 0 unspecified atom stereocenters. The number of hydrogen-bond donors (Lipinski definition) is 2. The van der Waals surface area contributed by atoms with Crippen molar-refractivity contribution in [3.8, 4) is 22.6 Å². The molecule has 2 aromatic carbocycles. The lowest BCUT2D eigenvalue weighted by molar-refractivity contribution is 0.628. The van der Waals surface area contributed by atoms with E-state index in [-0.39, 0.29) is 5.82 Å². The summed E-state index contributed by atoms with van der Waals surface area (Å²) in [5.41, 5.74) is 6.68. The van der Waals surface area contributed by atoms with Crippen LogP contribution in [0.3, 0.4) is 0 Å². The number of nitrogens with one attached hydrogen (secondary N) is 2. The van der Waals surface area contributed by atoms with Crippen LogP contribution < -0.4 is 5.32 Å². The van der Waals surface area contributed by atoms with Gasteiger partial charge in [0, 0.05) is 16.9 Å². The number of anilines is 1. The minimum absolute atomic E-state index is 0.282. The lowest BCUT2D eigenvalue weighted by atomic mass is 10.1. The second-order valence-corrected chi connectivity index (χ2v) is 7.43. The number of aromatic amines is 1. The maximum atomic E-state index is 13.5. The number of fused-ring (bicyclic) bond motifs is 1. The minimum Gasteiger partial charge on any atom is -0.378 e. The summed E-state index contributed by atoms with van der Waals surface area (Å²) in [6.45, 7) is 2.38. The number of aromatic nitrogens is 5. The molecular formula is C22H17FN6S. The highest BCUT2D eigenvalue weighted by molar-refractivity contribution is 7.00. The molecule has 0 aliphatic carbocycles. The van der Waals surface area contributed by atoms with Crippen LogP contribution in [0.5, 0.6) is 0 Å². The van der Waals surface area contributed by atoms with Gasteiger partial charge in [-0.25, -0.2) is 9.37 Å². The van der Waals surface area contributed by atoms with Crippen molar-refractivity contribution < 1.29 is 4.39 Å². The van der Waals surface area contributed by atoms with Crippen LogP contribution in [0.4, 0.5) is 10.1 Å². The monoisotopic (exact) mass is 416 g/mol. The number of nitrogens with zero attached hydrogens (tertiary/aromatic N) is 4. The van der Waals surface area contributed by atoms with Gasteiger partial charge in [0.1, 0.15) is 22.7 Å². The summed E-state index contributed by atoms with van der Waals surface area (Å²) in [5, 5.41) is 3.21. The first-order chi connectivity index (χ1) is 14.7. The lowest BCUT2D eigenvalue weighted by Crippen LogP contribution is -2.01. The van der Waals surface area contributed by atoms with Crippen LogP contribution in [0, 0.1) is 12.7 Å². The molecule has 30 heavy (non-hydrogen) atoms. The van der Waals surface area contributed by atoms with E-state index in [9.17, 15) is 4.39 Å². The summed E-state index contributed by atoms with van der Waals surface area (Å²) in [4.78, 5) is 12.9. The molecule has 0 aliphatic rings. The number of imidazole rings is 1. The Hall–Kier alpha value is -3.65. The van der Waals surface area contributed by atoms with Crippen LogP contribution in [-0.2, 0) is 6.54 Å². The molecule has 3 aromatic heterocycles. The van der Waals surface area contributed by atoms with Crippen LogP contribution in [0.1, 0.15) is 11.5 Å². The average molecular weight is 416 g/mol. The zero-order chi connectivity index (χ0) is 20.5. The van der Waals surface area contributed by atoms with Gasteiger partial charge in [0.05, 0.1) is 35.4 Å². The summed E-state index contributed by atoms with van der Waals surface area (Å²) in [6.07, 6.45) is 0. The van der Waals surface area contributed by atoms with Crippen molar-refractivity contribution in [2.24, 2.45) is 0 Å². The molecule has 0 saturated heterocycles. The Balaban J connectivity index is 1.55. The predicted molar refractivity (Wildman–Crippen MR) is 117 cm³/mol. The molecule has 148 valence electrons. The molecule has 5 aromatic rings. The van der Waals surface area contributed by atoms with Gasteiger partial charge < -0.3 is 10.3 Å². The number of aryl methyl sites for hydroxylation is 1. The highest BCUT2D eigenvalue weighted by Gasteiger charge is 2.16. The summed E-state index contributed by atoms with van der Waals surface area (Å²) < 4.78 is 22.1. The van der Waals surface area contributed by atoms with Gasteiger partial charge in [0.25, 0.3) is 0 Å². The number of benzene rings is 2. The van der Waals surface area contributed by atoms with E-state index in [0.29, 0.717) is 12.2 Å². The minimum atomic E-state index is -0.282. The molecule has 8 heteroatoms. The van der Waals surface area contributed by atoms with Crippen LogP contribution in [0.2, 0.25) is 0 Å². The smallest absolute Gasteiger partial charge is 0.126 e. The Kier molecular flexibility index (Phi) is 4.68. The largest absolute Gasteiger partial charge is 0.378 e. The molecule has 0 bridgehead atoms. The molecule has 0 spiro atoms. The molecule has 0 aliphatic heterocycles. The van der Waals surface area contributed by atoms with Crippen molar-refractivity contribution >= 4 is 28.4 Å². The van der Waals surface area contributed by atoms with Gasteiger partial charge >= 0.3 is 0 Å². The first-order valence-corrected chi connectivity index (χ1v) is 10.1. The Morgan fingerprint density at radius 2 is 1.83 bits per heavy atom. The maximum absolute atomic E-state index is 13.5. The van der Waals surface area contributed by atoms with E-state index in [1.165, 1.54) is 23.9 Å². The van der Waals surface area contributed by atoms with Crippen molar-refractivity contribution in [3.63, 3.8) is 0 Å². The third kappa shape index (κ3) is 3.65. The van der Waals surface area contributed by atoms with Gasteiger partial charge in [-0.15, -0.1) is 0 Å². The van der Waals surface area contributed by atoms with Gasteiger partial charge in [0.2, 0.25) is 0 Å². The number of hydrogen-bond acceptors (Lipinski definition) is 6. The lowest BCUT2D eigenvalue weighted by Gasteiger charge is -2.04. The fourth-order valence-electron chi connectivity index (χ4n) is 3.30. The SMILES string of the molecule is Cc1cccc(-c2[nH]c(CNc3cccc(F)c3)nc2-c2ccc3nsnc3c2)n1. The summed E-state index contributed by atoms with van der Waals surface area (Å²) in [6, 6.07) is 18.2. The predicted octanol–water partition coefficient (Wildman–Crippen LogP) is 5.20. The Labute approximate surface area is 176 Å². The quantitative estimate of drug-likeness (QED) is 0.411. The van der Waals surface area contributed by atoms with Crippen LogP contribution in [-0.4, -0.2) is 23.7 Å². The van der Waals surface area contributed by atoms with Crippen molar-refractivity contribution in [1.82, 2.24) is 23.7 Å². The highest BCUT2D eigenvalue weighted by atomic mass is 32.1. The number of H-pyrrole nitrogens is 1. The van der Waals surface area contributed by atoms with E-state index < -0.39 is 0 Å². The molecule has 5 rings (SSSR count). The zero-order valence-electron chi connectivity index (χ0n) is 16.1. The van der Waals surface area contributed by atoms with Gasteiger partial charge in [-0.05, 0) is 49.4 Å².